The lowest BCUT2D eigenvalue weighted by Crippen LogP contribution is -2.18. The molecule has 0 spiro atoms. The third-order valence-electron chi connectivity index (χ3n) is 4.22. The van der Waals surface area contributed by atoms with Crippen LogP contribution in [0.2, 0.25) is 0 Å². The zero-order valence-electron chi connectivity index (χ0n) is 15.7. The smallest absolute Gasteiger partial charge is 0.128 e. The Morgan fingerprint density at radius 3 is 1.81 bits per heavy atom. The highest BCUT2D eigenvalue weighted by Gasteiger charge is 2.18. The molecule has 0 fully saturated rings. The molecule has 26 heavy (non-hydrogen) atoms. The van der Waals surface area contributed by atoms with Crippen molar-refractivity contribution in [3.63, 3.8) is 0 Å². The molecule has 9 heteroatoms. The SMILES string of the molecule is Cc1c(CN)c(C)c(CN)c(OCCOCCOCCN=[N+]=[N-])c1CN. The highest BCUT2D eigenvalue weighted by molar-refractivity contribution is 5.55. The van der Waals surface area contributed by atoms with Crippen molar-refractivity contribution in [1.29, 1.82) is 0 Å². The summed E-state index contributed by atoms with van der Waals surface area (Å²) < 4.78 is 16.7. The lowest BCUT2D eigenvalue weighted by Gasteiger charge is -2.22. The van der Waals surface area contributed by atoms with Gasteiger partial charge in [0, 0.05) is 42.2 Å². The normalized spacial score (nSPS) is 10.7. The fraction of sp³-hybridized carbons (Fsp3) is 0.647. The molecule has 1 aromatic rings. The Balaban J connectivity index is 2.55. The zero-order valence-corrected chi connectivity index (χ0v) is 15.7. The van der Waals surface area contributed by atoms with Gasteiger partial charge in [0.2, 0.25) is 0 Å². The molecule has 0 unspecified atom stereocenters. The van der Waals surface area contributed by atoms with Crippen molar-refractivity contribution in [2.75, 3.05) is 39.6 Å². The van der Waals surface area contributed by atoms with Gasteiger partial charge in [0.05, 0.1) is 26.4 Å². The molecule has 1 rings (SSSR count). The Morgan fingerprint density at radius 1 is 0.808 bits per heavy atom. The van der Waals surface area contributed by atoms with Gasteiger partial charge in [-0.1, -0.05) is 5.11 Å². The van der Waals surface area contributed by atoms with Crippen molar-refractivity contribution >= 4 is 0 Å². The fourth-order valence-electron chi connectivity index (χ4n) is 2.81. The van der Waals surface area contributed by atoms with Crippen LogP contribution in [-0.4, -0.2) is 39.6 Å². The molecule has 146 valence electrons. The summed E-state index contributed by atoms with van der Waals surface area (Å²) >= 11 is 0. The predicted octanol–water partition coefficient (Wildman–Crippen LogP) is 1.40. The highest BCUT2D eigenvalue weighted by atomic mass is 16.5. The molecule has 0 heterocycles. The molecule has 9 nitrogen and oxygen atoms in total. The van der Waals surface area contributed by atoms with Crippen LogP contribution in [0.3, 0.4) is 0 Å². The number of benzene rings is 1. The van der Waals surface area contributed by atoms with Gasteiger partial charge < -0.3 is 31.4 Å². The van der Waals surface area contributed by atoms with E-state index in [-0.39, 0.29) is 0 Å². The van der Waals surface area contributed by atoms with Gasteiger partial charge in [0.25, 0.3) is 0 Å². The van der Waals surface area contributed by atoms with Crippen LogP contribution in [-0.2, 0) is 29.1 Å². The maximum Gasteiger partial charge on any atom is 0.128 e. The van der Waals surface area contributed by atoms with Crippen LogP contribution in [0, 0.1) is 13.8 Å². The number of azide groups is 1. The Morgan fingerprint density at radius 2 is 1.31 bits per heavy atom. The molecular weight excluding hydrogens is 336 g/mol. The second-order valence-corrected chi connectivity index (χ2v) is 5.65. The number of nitrogens with two attached hydrogens (primary N) is 3. The van der Waals surface area contributed by atoms with Gasteiger partial charge in [-0.25, -0.2) is 0 Å². The second-order valence-electron chi connectivity index (χ2n) is 5.65. The van der Waals surface area contributed by atoms with E-state index in [1.54, 1.807) is 0 Å². The van der Waals surface area contributed by atoms with Crippen molar-refractivity contribution in [3.05, 3.63) is 38.3 Å². The van der Waals surface area contributed by atoms with Crippen LogP contribution in [0.1, 0.15) is 27.8 Å². The van der Waals surface area contributed by atoms with E-state index < -0.39 is 0 Å². The minimum atomic E-state index is 0.320. The van der Waals surface area contributed by atoms with E-state index in [1.165, 1.54) is 0 Å². The summed E-state index contributed by atoms with van der Waals surface area (Å²) in [6.07, 6.45) is 0. The third kappa shape index (κ3) is 6.14. The largest absolute Gasteiger partial charge is 0.490 e. The molecule has 6 N–H and O–H groups in total. The van der Waals surface area contributed by atoms with E-state index in [9.17, 15) is 0 Å². The summed E-state index contributed by atoms with van der Waals surface area (Å²) in [5.74, 6) is 0.747. The van der Waals surface area contributed by atoms with E-state index >= 15 is 0 Å². The number of nitrogens with zero attached hydrogens (tertiary/aromatic N) is 3. The molecule has 0 aliphatic rings. The number of hydrogen-bond acceptors (Lipinski definition) is 7. The zero-order chi connectivity index (χ0) is 19.4. The van der Waals surface area contributed by atoms with Crippen LogP contribution < -0.4 is 21.9 Å². The maximum atomic E-state index is 8.14. The van der Waals surface area contributed by atoms with Crippen molar-refractivity contribution in [2.24, 2.45) is 22.3 Å². The summed E-state index contributed by atoms with van der Waals surface area (Å²) in [5.41, 5.74) is 31.0. The topological polar surface area (TPSA) is 155 Å². The lowest BCUT2D eigenvalue weighted by atomic mass is 9.91. The summed E-state index contributed by atoms with van der Waals surface area (Å²) in [7, 11) is 0. The molecule has 0 radical (unpaired) electrons. The van der Waals surface area contributed by atoms with Gasteiger partial charge in [-0.2, -0.15) is 0 Å². The van der Waals surface area contributed by atoms with Crippen molar-refractivity contribution in [3.8, 4) is 5.75 Å². The van der Waals surface area contributed by atoms with Crippen molar-refractivity contribution in [1.82, 2.24) is 0 Å². The summed E-state index contributed by atoms with van der Waals surface area (Å²) in [5, 5.41) is 3.38. The Hall–Kier alpha value is -1.87. The van der Waals surface area contributed by atoms with Crippen LogP contribution in [0.15, 0.2) is 5.11 Å². The van der Waals surface area contributed by atoms with Crippen LogP contribution in [0.25, 0.3) is 10.4 Å². The van der Waals surface area contributed by atoms with Gasteiger partial charge in [-0.05, 0) is 36.1 Å². The molecule has 0 saturated heterocycles. The fourth-order valence-corrected chi connectivity index (χ4v) is 2.81. The monoisotopic (exact) mass is 366 g/mol. The molecule has 0 atom stereocenters. The average molecular weight is 366 g/mol. The van der Waals surface area contributed by atoms with Crippen molar-refractivity contribution < 1.29 is 14.2 Å². The Kier molecular flexibility index (Phi) is 10.6. The number of ether oxygens (including phenoxy) is 3. The van der Waals surface area contributed by atoms with E-state index in [1.807, 2.05) is 13.8 Å². The quantitative estimate of drug-likeness (QED) is 0.207. The molecule has 0 amide bonds. The van der Waals surface area contributed by atoms with Gasteiger partial charge >= 0.3 is 0 Å². The molecule has 0 aliphatic carbocycles. The molecular formula is C17H30N6O3. The Bertz CT molecular complexity index is 586. The summed E-state index contributed by atoms with van der Waals surface area (Å²) in [4.78, 5) is 2.65. The van der Waals surface area contributed by atoms with E-state index in [0.717, 1.165) is 33.6 Å². The van der Waals surface area contributed by atoms with E-state index in [4.69, 9.17) is 36.9 Å². The predicted molar refractivity (Wildman–Crippen MR) is 101 cm³/mol. The lowest BCUT2D eigenvalue weighted by molar-refractivity contribution is 0.0386. The molecule has 1 aromatic carbocycles. The summed E-state index contributed by atoms with van der Waals surface area (Å²) in [6, 6.07) is 0. The van der Waals surface area contributed by atoms with E-state index in [0.29, 0.717) is 59.2 Å². The van der Waals surface area contributed by atoms with E-state index in [2.05, 4.69) is 10.0 Å². The van der Waals surface area contributed by atoms with Crippen LogP contribution in [0.4, 0.5) is 0 Å². The first-order chi connectivity index (χ1) is 12.6. The van der Waals surface area contributed by atoms with Crippen molar-refractivity contribution in [2.45, 2.75) is 33.5 Å². The molecule has 0 saturated carbocycles. The van der Waals surface area contributed by atoms with Gasteiger partial charge in [0.15, 0.2) is 0 Å². The van der Waals surface area contributed by atoms with Crippen LogP contribution >= 0.6 is 0 Å². The first-order valence-electron chi connectivity index (χ1n) is 8.65. The molecule has 0 aromatic heterocycles. The molecule has 0 bridgehead atoms. The number of rotatable bonds is 13. The number of hydrogen-bond donors (Lipinski definition) is 3. The Labute approximate surface area is 154 Å². The first-order valence-corrected chi connectivity index (χ1v) is 8.65. The van der Waals surface area contributed by atoms with Gasteiger partial charge in [-0.15, -0.1) is 0 Å². The van der Waals surface area contributed by atoms with Crippen LogP contribution in [0.5, 0.6) is 5.75 Å². The minimum absolute atomic E-state index is 0.320. The standard InChI is InChI=1S/C17H30N6O3/c1-12-14(9-18)13(2)16(11-20)17(15(12)10-19)26-8-7-25-6-5-24-4-3-22-23-21/h3-11,18-20H2,1-2H3. The summed E-state index contributed by atoms with van der Waals surface area (Å²) in [6.45, 7) is 7.58. The van der Waals surface area contributed by atoms with Gasteiger partial charge in [0.1, 0.15) is 12.4 Å². The second kappa shape index (κ2) is 12.5. The highest BCUT2D eigenvalue weighted by Crippen LogP contribution is 2.33. The minimum Gasteiger partial charge on any atom is -0.490 e. The first kappa shape index (κ1) is 22.2. The molecule has 0 aliphatic heterocycles. The average Bonchev–Trinajstić information content (AvgIpc) is 2.64. The van der Waals surface area contributed by atoms with Gasteiger partial charge in [-0.3, -0.25) is 0 Å². The maximum absolute atomic E-state index is 8.14. The third-order valence-corrected chi connectivity index (χ3v) is 4.22.